The number of aromatic nitrogens is 5. The molecule has 4 aromatic rings. The third kappa shape index (κ3) is 2.19. The standard InChI is InChI=1S/C17H15N5O/c1-11-15-14(22-17(18-11)19-12(2)20-22)8-9-21(16(15)23)10-13-6-4-3-5-7-13/h3-9H,10H2,1-2H3. The molecule has 0 fully saturated rings. The van der Waals surface area contributed by atoms with Gasteiger partial charge in [-0.1, -0.05) is 30.3 Å². The fourth-order valence-electron chi connectivity index (χ4n) is 2.83. The summed E-state index contributed by atoms with van der Waals surface area (Å²) in [5.41, 5.74) is 2.43. The van der Waals surface area contributed by atoms with Crippen molar-refractivity contribution >= 4 is 16.7 Å². The lowest BCUT2D eigenvalue weighted by molar-refractivity contribution is 0.764. The van der Waals surface area contributed by atoms with Crippen LogP contribution in [0.4, 0.5) is 0 Å². The molecule has 0 saturated heterocycles. The Bertz CT molecular complexity index is 1080. The second-order valence-corrected chi connectivity index (χ2v) is 5.56. The van der Waals surface area contributed by atoms with Gasteiger partial charge in [-0.3, -0.25) is 4.79 Å². The quantitative estimate of drug-likeness (QED) is 0.569. The summed E-state index contributed by atoms with van der Waals surface area (Å²) in [6, 6.07) is 11.8. The molecule has 0 spiro atoms. The van der Waals surface area contributed by atoms with Crippen molar-refractivity contribution in [1.29, 1.82) is 0 Å². The van der Waals surface area contributed by atoms with Crippen molar-refractivity contribution in [3.05, 3.63) is 70.0 Å². The molecule has 0 radical (unpaired) electrons. The molecule has 23 heavy (non-hydrogen) atoms. The highest BCUT2D eigenvalue weighted by Gasteiger charge is 2.13. The maximum Gasteiger partial charge on any atom is 0.262 e. The van der Waals surface area contributed by atoms with Crippen LogP contribution >= 0.6 is 0 Å². The molecule has 6 heteroatoms. The first-order chi connectivity index (χ1) is 11.1. The maximum absolute atomic E-state index is 12.9. The van der Waals surface area contributed by atoms with Crippen LogP contribution in [0.1, 0.15) is 17.1 Å². The zero-order valence-electron chi connectivity index (χ0n) is 12.9. The topological polar surface area (TPSA) is 65.1 Å². The van der Waals surface area contributed by atoms with E-state index in [1.54, 1.807) is 15.3 Å². The molecule has 0 bridgehead atoms. The number of hydrogen-bond donors (Lipinski definition) is 0. The van der Waals surface area contributed by atoms with Crippen LogP contribution in [-0.2, 0) is 6.54 Å². The van der Waals surface area contributed by atoms with Crippen LogP contribution in [0.2, 0.25) is 0 Å². The fourth-order valence-corrected chi connectivity index (χ4v) is 2.83. The minimum atomic E-state index is -0.0635. The average Bonchev–Trinajstić information content (AvgIpc) is 2.91. The van der Waals surface area contributed by atoms with Gasteiger partial charge in [-0.05, 0) is 25.5 Å². The number of pyridine rings is 1. The van der Waals surface area contributed by atoms with Gasteiger partial charge in [-0.2, -0.15) is 9.50 Å². The van der Waals surface area contributed by atoms with Crippen molar-refractivity contribution in [2.75, 3.05) is 0 Å². The van der Waals surface area contributed by atoms with E-state index < -0.39 is 0 Å². The molecule has 0 unspecified atom stereocenters. The van der Waals surface area contributed by atoms with Crippen LogP contribution in [0.3, 0.4) is 0 Å². The molecule has 4 rings (SSSR count). The highest BCUT2D eigenvalue weighted by molar-refractivity contribution is 5.81. The van der Waals surface area contributed by atoms with E-state index in [0.717, 1.165) is 11.1 Å². The lowest BCUT2D eigenvalue weighted by Crippen LogP contribution is -2.22. The molecule has 1 aromatic carbocycles. The Hall–Kier alpha value is -3.02. The van der Waals surface area contributed by atoms with Gasteiger partial charge in [-0.25, -0.2) is 4.98 Å². The molecule has 0 amide bonds. The van der Waals surface area contributed by atoms with Crippen molar-refractivity contribution < 1.29 is 0 Å². The Morgan fingerprint density at radius 3 is 2.61 bits per heavy atom. The summed E-state index contributed by atoms with van der Waals surface area (Å²) in [7, 11) is 0. The Morgan fingerprint density at radius 1 is 1.04 bits per heavy atom. The van der Waals surface area contributed by atoms with Crippen LogP contribution in [0.25, 0.3) is 16.7 Å². The first-order valence-corrected chi connectivity index (χ1v) is 7.40. The number of hydrogen-bond acceptors (Lipinski definition) is 4. The van der Waals surface area contributed by atoms with Crippen LogP contribution in [0.15, 0.2) is 47.4 Å². The van der Waals surface area contributed by atoms with E-state index >= 15 is 0 Å². The molecular formula is C17H15N5O. The number of aryl methyl sites for hydroxylation is 2. The van der Waals surface area contributed by atoms with Gasteiger partial charge in [0.2, 0.25) is 0 Å². The largest absolute Gasteiger partial charge is 0.310 e. The lowest BCUT2D eigenvalue weighted by atomic mass is 10.2. The molecular weight excluding hydrogens is 290 g/mol. The van der Waals surface area contributed by atoms with E-state index in [4.69, 9.17) is 0 Å². The van der Waals surface area contributed by atoms with Crippen LogP contribution in [0.5, 0.6) is 0 Å². The van der Waals surface area contributed by atoms with E-state index in [1.165, 1.54) is 0 Å². The van der Waals surface area contributed by atoms with E-state index in [2.05, 4.69) is 15.1 Å². The van der Waals surface area contributed by atoms with Crippen LogP contribution in [0, 0.1) is 13.8 Å². The molecule has 0 aliphatic carbocycles. The number of rotatable bonds is 2. The fraction of sp³-hybridized carbons (Fsp3) is 0.176. The third-order valence-electron chi connectivity index (χ3n) is 3.89. The molecule has 114 valence electrons. The summed E-state index contributed by atoms with van der Waals surface area (Å²) in [5, 5.41) is 4.92. The Morgan fingerprint density at radius 2 is 1.83 bits per heavy atom. The first-order valence-electron chi connectivity index (χ1n) is 7.40. The number of benzene rings is 1. The minimum Gasteiger partial charge on any atom is -0.310 e. The van der Waals surface area contributed by atoms with Gasteiger partial charge in [0, 0.05) is 6.20 Å². The number of nitrogens with zero attached hydrogens (tertiary/aromatic N) is 5. The molecule has 0 N–H and O–H groups in total. The monoisotopic (exact) mass is 305 g/mol. The summed E-state index contributed by atoms with van der Waals surface area (Å²) in [6.45, 7) is 4.18. The summed E-state index contributed by atoms with van der Waals surface area (Å²) >= 11 is 0. The summed E-state index contributed by atoms with van der Waals surface area (Å²) in [6.07, 6.45) is 1.80. The first kappa shape index (κ1) is 13.6. The Balaban J connectivity index is 1.96. The molecule has 0 atom stereocenters. The van der Waals surface area contributed by atoms with Gasteiger partial charge in [0.15, 0.2) is 0 Å². The van der Waals surface area contributed by atoms with Crippen molar-refractivity contribution in [3.8, 4) is 0 Å². The molecule has 0 saturated carbocycles. The predicted octanol–water partition coefficient (Wildman–Crippen LogP) is 2.10. The van der Waals surface area contributed by atoms with E-state index in [0.29, 0.717) is 29.2 Å². The average molecular weight is 305 g/mol. The van der Waals surface area contributed by atoms with Gasteiger partial charge in [-0.15, -0.1) is 5.10 Å². The van der Waals surface area contributed by atoms with Crippen LogP contribution < -0.4 is 5.56 Å². The van der Waals surface area contributed by atoms with Crippen molar-refractivity contribution in [2.24, 2.45) is 0 Å². The lowest BCUT2D eigenvalue weighted by Gasteiger charge is -2.09. The van der Waals surface area contributed by atoms with E-state index in [9.17, 15) is 4.79 Å². The smallest absolute Gasteiger partial charge is 0.262 e. The van der Waals surface area contributed by atoms with Gasteiger partial charge in [0.25, 0.3) is 11.3 Å². The molecule has 0 aliphatic rings. The zero-order valence-corrected chi connectivity index (χ0v) is 12.9. The van der Waals surface area contributed by atoms with Crippen LogP contribution in [-0.4, -0.2) is 24.1 Å². The Kier molecular flexibility index (Phi) is 2.97. The number of fused-ring (bicyclic) bond motifs is 3. The molecule has 6 nitrogen and oxygen atoms in total. The van der Waals surface area contributed by atoms with Gasteiger partial charge < -0.3 is 4.57 Å². The second-order valence-electron chi connectivity index (χ2n) is 5.56. The van der Waals surface area contributed by atoms with Gasteiger partial charge >= 0.3 is 0 Å². The second kappa shape index (κ2) is 5.01. The normalized spacial score (nSPS) is 11.4. The summed E-state index contributed by atoms with van der Waals surface area (Å²) in [4.78, 5) is 21.6. The predicted molar refractivity (Wildman–Crippen MR) is 87.6 cm³/mol. The summed E-state index contributed by atoms with van der Waals surface area (Å²) < 4.78 is 3.33. The molecule has 0 aliphatic heterocycles. The van der Waals surface area contributed by atoms with Crippen molar-refractivity contribution in [2.45, 2.75) is 20.4 Å². The highest BCUT2D eigenvalue weighted by atomic mass is 16.1. The van der Waals surface area contributed by atoms with Gasteiger partial charge in [0.1, 0.15) is 5.82 Å². The summed E-state index contributed by atoms with van der Waals surface area (Å²) in [5.74, 6) is 1.16. The molecule has 3 heterocycles. The van der Waals surface area contributed by atoms with E-state index in [1.807, 2.05) is 50.2 Å². The zero-order chi connectivity index (χ0) is 16.0. The Labute approximate surface area is 132 Å². The van der Waals surface area contributed by atoms with E-state index in [-0.39, 0.29) is 5.56 Å². The SMILES string of the molecule is Cc1nc2nc(C)c3c(=O)n(Cc4ccccc4)ccc3n2n1. The minimum absolute atomic E-state index is 0.0635. The highest BCUT2D eigenvalue weighted by Crippen LogP contribution is 2.14. The third-order valence-corrected chi connectivity index (χ3v) is 3.89. The van der Waals surface area contributed by atoms with Gasteiger partial charge in [0.05, 0.1) is 23.1 Å². The maximum atomic E-state index is 12.9. The molecule has 3 aromatic heterocycles. The van der Waals surface area contributed by atoms with Crippen molar-refractivity contribution in [3.63, 3.8) is 0 Å². The van der Waals surface area contributed by atoms with Crippen molar-refractivity contribution in [1.82, 2.24) is 24.1 Å².